The van der Waals surface area contributed by atoms with Crippen LogP contribution in [0.15, 0.2) is 0 Å². The SMILES string of the molecule is CSC1CCCCC1N1CCC(=O)NC(C)C1=O. The zero-order valence-electron chi connectivity index (χ0n) is 11.1. The van der Waals surface area contributed by atoms with E-state index in [1.54, 1.807) is 6.92 Å². The van der Waals surface area contributed by atoms with Gasteiger partial charge in [-0.2, -0.15) is 11.8 Å². The molecule has 3 atom stereocenters. The van der Waals surface area contributed by atoms with E-state index in [2.05, 4.69) is 11.6 Å². The minimum absolute atomic E-state index is 0.00476. The van der Waals surface area contributed by atoms with Crippen LogP contribution in [0.3, 0.4) is 0 Å². The molecule has 0 aromatic carbocycles. The standard InChI is InChI=1S/C13H22N2O2S/c1-9-13(17)15(8-7-12(16)14-9)10-5-3-4-6-11(10)18-2/h9-11H,3-8H2,1-2H3,(H,14,16). The molecule has 1 saturated heterocycles. The fourth-order valence-corrected chi connectivity index (χ4v) is 3.99. The van der Waals surface area contributed by atoms with Gasteiger partial charge in [-0.05, 0) is 26.0 Å². The van der Waals surface area contributed by atoms with Crippen molar-refractivity contribution in [2.75, 3.05) is 12.8 Å². The van der Waals surface area contributed by atoms with Gasteiger partial charge in [0, 0.05) is 24.3 Å². The molecule has 2 fully saturated rings. The van der Waals surface area contributed by atoms with E-state index < -0.39 is 0 Å². The Morgan fingerprint density at radius 3 is 2.72 bits per heavy atom. The number of carbonyl (C=O) groups excluding carboxylic acids is 2. The molecule has 0 radical (unpaired) electrons. The molecule has 1 aliphatic carbocycles. The van der Waals surface area contributed by atoms with Crippen molar-refractivity contribution in [2.24, 2.45) is 0 Å². The molecular weight excluding hydrogens is 248 g/mol. The largest absolute Gasteiger partial charge is 0.345 e. The lowest BCUT2D eigenvalue weighted by molar-refractivity contribution is -0.135. The monoisotopic (exact) mass is 270 g/mol. The molecule has 2 aliphatic rings. The average molecular weight is 270 g/mol. The van der Waals surface area contributed by atoms with Crippen LogP contribution in [-0.2, 0) is 9.59 Å². The van der Waals surface area contributed by atoms with E-state index in [0.717, 1.165) is 6.42 Å². The number of amides is 2. The lowest BCUT2D eigenvalue weighted by Gasteiger charge is -2.39. The third kappa shape index (κ3) is 2.82. The van der Waals surface area contributed by atoms with Crippen LogP contribution in [0.2, 0.25) is 0 Å². The summed E-state index contributed by atoms with van der Waals surface area (Å²) in [4.78, 5) is 25.8. The second-order valence-corrected chi connectivity index (χ2v) is 6.27. The van der Waals surface area contributed by atoms with Gasteiger partial charge in [-0.3, -0.25) is 9.59 Å². The van der Waals surface area contributed by atoms with Gasteiger partial charge in [0.25, 0.3) is 0 Å². The summed E-state index contributed by atoms with van der Waals surface area (Å²) in [5.41, 5.74) is 0. The maximum Gasteiger partial charge on any atom is 0.245 e. The molecule has 5 heteroatoms. The van der Waals surface area contributed by atoms with E-state index in [1.807, 2.05) is 16.7 Å². The van der Waals surface area contributed by atoms with Crippen LogP contribution in [0.25, 0.3) is 0 Å². The quantitative estimate of drug-likeness (QED) is 0.825. The van der Waals surface area contributed by atoms with Crippen LogP contribution in [0.5, 0.6) is 0 Å². The van der Waals surface area contributed by atoms with Crippen LogP contribution in [0.1, 0.15) is 39.0 Å². The van der Waals surface area contributed by atoms with Gasteiger partial charge in [-0.1, -0.05) is 12.8 Å². The highest BCUT2D eigenvalue weighted by Crippen LogP contribution is 2.31. The molecule has 102 valence electrons. The molecule has 1 aliphatic heterocycles. The summed E-state index contributed by atoms with van der Waals surface area (Å²) in [5, 5.41) is 3.29. The van der Waals surface area contributed by atoms with Crippen molar-refractivity contribution in [3.05, 3.63) is 0 Å². The summed E-state index contributed by atoms with van der Waals surface area (Å²) in [6.07, 6.45) is 7.29. The zero-order chi connectivity index (χ0) is 13.1. The van der Waals surface area contributed by atoms with Gasteiger partial charge in [0.1, 0.15) is 6.04 Å². The smallest absolute Gasteiger partial charge is 0.245 e. The Bertz CT molecular complexity index is 335. The Morgan fingerprint density at radius 2 is 2.00 bits per heavy atom. The van der Waals surface area contributed by atoms with E-state index in [-0.39, 0.29) is 17.9 Å². The Hall–Kier alpha value is -0.710. The van der Waals surface area contributed by atoms with E-state index in [0.29, 0.717) is 24.3 Å². The lowest BCUT2D eigenvalue weighted by Crippen LogP contribution is -2.51. The number of thioether (sulfide) groups is 1. The first-order valence-electron chi connectivity index (χ1n) is 6.76. The van der Waals surface area contributed by atoms with Crippen LogP contribution in [0, 0.1) is 0 Å². The molecule has 3 unspecified atom stereocenters. The maximum atomic E-state index is 12.4. The first-order valence-corrected chi connectivity index (χ1v) is 8.05. The summed E-state index contributed by atoms with van der Waals surface area (Å²) in [6, 6.07) is -0.0548. The Kier molecular flexibility index (Phi) is 4.54. The predicted molar refractivity (Wildman–Crippen MR) is 73.5 cm³/mol. The van der Waals surface area contributed by atoms with Gasteiger partial charge in [0.15, 0.2) is 0 Å². The number of nitrogens with one attached hydrogen (secondary N) is 1. The molecule has 0 aromatic rings. The van der Waals surface area contributed by atoms with E-state index in [9.17, 15) is 9.59 Å². The van der Waals surface area contributed by atoms with Crippen molar-refractivity contribution < 1.29 is 9.59 Å². The van der Waals surface area contributed by atoms with Gasteiger partial charge in [-0.15, -0.1) is 0 Å². The number of rotatable bonds is 2. The summed E-state index contributed by atoms with van der Waals surface area (Å²) in [6.45, 7) is 2.37. The van der Waals surface area contributed by atoms with E-state index in [1.165, 1.54) is 19.3 Å². The summed E-state index contributed by atoms with van der Waals surface area (Å²) in [5.74, 6) is 0.0849. The first-order chi connectivity index (χ1) is 8.63. The summed E-state index contributed by atoms with van der Waals surface area (Å²) >= 11 is 1.86. The molecule has 1 saturated carbocycles. The molecule has 2 amide bonds. The number of hydrogen-bond acceptors (Lipinski definition) is 3. The lowest BCUT2D eigenvalue weighted by atomic mass is 9.93. The fraction of sp³-hybridized carbons (Fsp3) is 0.846. The molecule has 0 spiro atoms. The highest BCUT2D eigenvalue weighted by molar-refractivity contribution is 7.99. The minimum Gasteiger partial charge on any atom is -0.345 e. The van der Waals surface area contributed by atoms with Gasteiger partial charge in [-0.25, -0.2) is 0 Å². The van der Waals surface area contributed by atoms with Crippen molar-refractivity contribution >= 4 is 23.6 Å². The molecule has 2 rings (SSSR count). The van der Waals surface area contributed by atoms with Crippen LogP contribution in [0.4, 0.5) is 0 Å². The van der Waals surface area contributed by atoms with Crippen LogP contribution in [-0.4, -0.2) is 46.8 Å². The van der Waals surface area contributed by atoms with Gasteiger partial charge in [0.05, 0.1) is 0 Å². The number of hydrogen-bond donors (Lipinski definition) is 1. The fourth-order valence-electron chi connectivity index (χ4n) is 2.99. The second-order valence-electron chi connectivity index (χ2n) is 5.20. The Morgan fingerprint density at radius 1 is 1.28 bits per heavy atom. The van der Waals surface area contributed by atoms with Gasteiger partial charge < -0.3 is 10.2 Å². The third-order valence-corrected chi connectivity index (χ3v) is 5.14. The van der Waals surface area contributed by atoms with Gasteiger partial charge >= 0.3 is 0 Å². The molecular formula is C13H22N2O2S. The molecule has 18 heavy (non-hydrogen) atoms. The molecule has 0 bridgehead atoms. The van der Waals surface area contributed by atoms with Crippen molar-refractivity contribution in [3.63, 3.8) is 0 Å². The third-order valence-electron chi connectivity index (χ3n) is 3.98. The Balaban J connectivity index is 2.13. The summed E-state index contributed by atoms with van der Waals surface area (Å²) < 4.78 is 0. The summed E-state index contributed by atoms with van der Waals surface area (Å²) in [7, 11) is 0. The van der Waals surface area contributed by atoms with Crippen molar-refractivity contribution in [1.82, 2.24) is 10.2 Å². The number of nitrogens with zero attached hydrogens (tertiary/aromatic N) is 1. The molecule has 1 heterocycles. The average Bonchev–Trinajstić information content (AvgIpc) is 2.50. The number of carbonyl (C=O) groups is 2. The van der Waals surface area contributed by atoms with Crippen LogP contribution < -0.4 is 5.32 Å². The normalized spacial score (nSPS) is 34.1. The maximum absolute atomic E-state index is 12.4. The highest BCUT2D eigenvalue weighted by atomic mass is 32.2. The second kappa shape index (κ2) is 5.95. The van der Waals surface area contributed by atoms with E-state index >= 15 is 0 Å². The molecule has 0 aromatic heterocycles. The highest BCUT2D eigenvalue weighted by Gasteiger charge is 2.36. The predicted octanol–water partition coefficient (Wildman–Crippen LogP) is 1.40. The Labute approximate surface area is 113 Å². The van der Waals surface area contributed by atoms with Crippen LogP contribution >= 0.6 is 11.8 Å². The molecule has 1 N–H and O–H groups in total. The minimum atomic E-state index is -0.371. The van der Waals surface area contributed by atoms with Gasteiger partial charge in [0.2, 0.25) is 11.8 Å². The topological polar surface area (TPSA) is 49.4 Å². The first kappa shape index (κ1) is 13.7. The molecule has 4 nitrogen and oxygen atoms in total. The van der Waals surface area contributed by atoms with Crippen molar-refractivity contribution in [1.29, 1.82) is 0 Å². The zero-order valence-corrected chi connectivity index (χ0v) is 12.0. The van der Waals surface area contributed by atoms with E-state index in [4.69, 9.17) is 0 Å². The van der Waals surface area contributed by atoms with Crippen molar-refractivity contribution in [3.8, 4) is 0 Å². The van der Waals surface area contributed by atoms with Crippen molar-refractivity contribution in [2.45, 2.75) is 56.4 Å².